The zero-order chi connectivity index (χ0) is 14.5. The molecule has 4 heteroatoms. The first-order chi connectivity index (χ1) is 10.3. The molecular formula is C17H26N2OS. The van der Waals surface area contributed by atoms with Crippen LogP contribution in [0.5, 0.6) is 0 Å². The molecule has 2 aliphatic heterocycles. The van der Waals surface area contributed by atoms with E-state index >= 15 is 0 Å². The molecule has 0 aliphatic carbocycles. The molecule has 2 atom stereocenters. The summed E-state index contributed by atoms with van der Waals surface area (Å²) in [4.78, 5) is 2.57. The Balaban J connectivity index is 1.68. The third-order valence-corrected chi connectivity index (χ3v) is 5.92. The Bertz CT molecular complexity index is 434. The average molecular weight is 306 g/mol. The van der Waals surface area contributed by atoms with E-state index < -0.39 is 0 Å². The molecule has 2 saturated heterocycles. The number of thioether (sulfide) groups is 1. The molecule has 1 spiro atoms. The van der Waals surface area contributed by atoms with Crippen LogP contribution in [0.2, 0.25) is 0 Å². The standard InChI is InChI=1S/C17H26N2OS/c18-8-9-19(13-15-4-2-1-3-5-15)16-6-10-20-17(12-16)7-11-21-14-17/h1-5,16H,6-14,18H2. The maximum absolute atomic E-state index is 6.16. The van der Waals surface area contributed by atoms with Crippen molar-refractivity contribution < 1.29 is 4.74 Å². The van der Waals surface area contributed by atoms with Crippen LogP contribution in [0.3, 0.4) is 0 Å². The lowest BCUT2D eigenvalue weighted by Gasteiger charge is -2.42. The largest absolute Gasteiger partial charge is 0.374 e. The van der Waals surface area contributed by atoms with Crippen molar-refractivity contribution in [1.82, 2.24) is 4.90 Å². The highest BCUT2D eigenvalue weighted by Crippen LogP contribution is 2.39. The molecule has 2 N–H and O–H groups in total. The number of rotatable bonds is 5. The van der Waals surface area contributed by atoms with Crippen LogP contribution in [-0.2, 0) is 11.3 Å². The molecule has 0 amide bonds. The van der Waals surface area contributed by atoms with Crippen LogP contribution < -0.4 is 5.73 Å². The summed E-state index contributed by atoms with van der Waals surface area (Å²) in [6.45, 7) is 3.61. The maximum Gasteiger partial charge on any atom is 0.0795 e. The van der Waals surface area contributed by atoms with Crippen molar-refractivity contribution in [2.45, 2.75) is 37.5 Å². The van der Waals surface area contributed by atoms with Crippen LogP contribution >= 0.6 is 11.8 Å². The summed E-state index contributed by atoms with van der Waals surface area (Å²) in [6, 6.07) is 11.4. The van der Waals surface area contributed by atoms with Crippen molar-refractivity contribution in [3.63, 3.8) is 0 Å². The van der Waals surface area contributed by atoms with E-state index in [4.69, 9.17) is 10.5 Å². The van der Waals surface area contributed by atoms with Crippen molar-refractivity contribution >= 4 is 11.8 Å². The van der Waals surface area contributed by atoms with Crippen molar-refractivity contribution in [3.05, 3.63) is 35.9 Å². The zero-order valence-electron chi connectivity index (χ0n) is 12.7. The number of nitrogens with two attached hydrogens (primary N) is 1. The second-order valence-electron chi connectivity index (χ2n) is 6.23. The summed E-state index contributed by atoms with van der Waals surface area (Å²) >= 11 is 2.04. The van der Waals surface area contributed by atoms with E-state index in [1.807, 2.05) is 11.8 Å². The molecule has 1 aromatic rings. The maximum atomic E-state index is 6.16. The Kier molecular flexibility index (Phi) is 5.22. The normalized spacial score (nSPS) is 29.3. The van der Waals surface area contributed by atoms with Gasteiger partial charge in [-0.3, -0.25) is 4.90 Å². The van der Waals surface area contributed by atoms with Gasteiger partial charge in [-0.15, -0.1) is 0 Å². The van der Waals surface area contributed by atoms with Gasteiger partial charge in [-0.1, -0.05) is 30.3 Å². The molecule has 3 rings (SSSR count). The van der Waals surface area contributed by atoms with E-state index in [2.05, 4.69) is 35.2 Å². The van der Waals surface area contributed by atoms with Gasteiger partial charge in [-0.05, 0) is 30.6 Å². The molecule has 1 aromatic carbocycles. The number of hydrogen-bond acceptors (Lipinski definition) is 4. The molecule has 2 heterocycles. The lowest BCUT2D eigenvalue weighted by atomic mass is 9.88. The summed E-state index contributed by atoms with van der Waals surface area (Å²) in [6.07, 6.45) is 3.53. The Morgan fingerprint density at radius 2 is 2.19 bits per heavy atom. The summed E-state index contributed by atoms with van der Waals surface area (Å²) < 4.78 is 6.16. The second kappa shape index (κ2) is 7.14. The van der Waals surface area contributed by atoms with Gasteiger partial charge < -0.3 is 10.5 Å². The average Bonchev–Trinajstić information content (AvgIpc) is 2.96. The first-order valence-electron chi connectivity index (χ1n) is 8.01. The van der Waals surface area contributed by atoms with Crippen LogP contribution in [0.4, 0.5) is 0 Å². The smallest absolute Gasteiger partial charge is 0.0795 e. The highest BCUT2D eigenvalue weighted by atomic mass is 32.2. The monoisotopic (exact) mass is 306 g/mol. The summed E-state index contributed by atoms with van der Waals surface area (Å²) in [5.74, 6) is 2.42. The van der Waals surface area contributed by atoms with Crippen LogP contribution in [0, 0.1) is 0 Å². The van der Waals surface area contributed by atoms with Crippen molar-refractivity contribution in [1.29, 1.82) is 0 Å². The van der Waals surface area contributed by atoms with Crippen molar-refractivity contribution in [3.8, 4) is 0 Å². The van der Waals surface area contributed by atoms with Gasteiger partial charge in [0.2, 0.25) is 0 Å². The van der Waals surface area contributed by atoms with E-state index in [0.717, 1.165) is 32.7 Å². The summed E-state index contributed by atoms with van der Waals surface area (Å²) in [5, 5.41) is 0. The fourth-order valence-corrected chi connectivity index (χ4v) is 4.93. The lowest BCUT2D eigenvalue weighted by Crippen LogP contribution is -2.49. The Morgan fingerprint density at radius 3 is 2.90 bits per heavy atom. The first kappa shape index (κ1) is 15.3. The Labute approximate surface area is 132 Å². The fraction of sp³-hybridized carbons (Fsp3) is 0.647. The number of ether oxygens (including phenoxy) is 1. The number of benzene rings is 1. The predicted octanol–water partition coefficient (Wildman–Crippen LogP) is 2.50. The van der Waals surface area contributed by atoms with E-state index in [-0.39, 0.29) is 5.60 Å². The molecule has 21 heavy (non-hydrogen) atoms. The molecule has 2 unspecified atom stereocenters. The zero-order valence-corrected chi connectivity index (χ0v) is 13.5. The molecule has 0 aromatic heterocycles. The SMILES string of the molecule is NCCN(Cc1ccccc1)C1CCOC2(CCSC2)C1. The van der Waals surface area contributed by atoms with E-state index in [1.54, 1.807) is 0 Å². The lowest BCUT2D eigenvalue weighted by molar-refractivity contribution is -0.0904. The molecule has 116 valence electrons. The minimum absolute atomic E-state index is 0.150. The molecule has 0 bridgehead atoms. The topological polar surface area (TPSA) is 38.5 Å². The van der Waals surface area contributed by atoms with Gasteiger partial charge in [0.05, 0.1) is 5.60 Å². The second-order valence-corrected chi connectivity index (χ2v) is 7.33. The first-order valence-corrected chi connectivity index (χ1v) is 9.17. The number of nitrogens with zero attached hydrogens (tertiary/aromatic N) is 1. The highest BCUT2D eigenvalue weighted by Gasteiger charge is 2.41. The Morgan fingerprint density at radius 1 is 1.33 bits per heavy atom. The number of hydrogen-bond donors (Lipinski definition) is 1. The minimum Gasteiger partial charge on any atom is -0.374 e. The van der Waals surface area contributed by atoms with Gasteiger partial charge in [0.1, 0.15) is 0 Å². The van der Waals surface area contributed by atoms with Crippen LogP contribution in [0.25, 0.3) is 0 Å². The molecule has 0 saturated carbocycles. The molecule has 2 aliphatic rings. The summed E-state index contributed by atoms with van der Waals surface area (Å²) in [7, 11) is 0. The van der Waals surface area contributed by atoms with E-state index in [1.165, 1.54) is 29.9 Å². The van der Waals surface area contributed by atoms with Gasteiger partial charge in [-0.25, -0.2) is 0 Å². The quantitative estimate of drug-likeness (QED) is 0.907. The fourth-order valence-electron chi connectivity index (χ4n) is 3.55. The van der Waals surface area contributed by atoms with Gasteiger partial charge in [0.15, 0.2) is 0 Å². The summed E-state index contributed by atoms with van der Waals surface area (Å²) in [5.41, 5.74) is 7.39. The highest BCUT2D eigenvalue weighted by molar-refractivity contribution is 7.99. The van der Waals surface area contributed by atoms with Gasteiger partial charge >= 0.3 is 0 Å². The van der Waals surface area contributed by atoms with Crippen molar-refractivity contribution in [2.75, 3.05) is 31.2 Å². The van der Waals surface area contributed by atoms with Crippen LogP contribution in [-0.4, -0.2) is 47.7 Å². The van der Waals surface area contributed by atoms with Gasteiger partial charge in [-0.2, -0.15) is 11.8 Å². The van der Waals surface area contributed by atoms with Crippen LogP contribution in [0.1, 0.15) is 24.8 Å². The van der Waals surface area contributed by atoms with E-state index in [0.29, 0.717) is 6.04 Å². The molecular weight excluding hydrogens is 280 g/mol. The van der Waals surface area contributed by atoms with Crippen LogP contribution in [0.15, 0.2) is 30.3 Å². The minimum atomic E-state index is 0.150. The van der Waals surface area contributed by atoms with Gasteiger partial charge in [0, 0.05) is 38.0 Å². The molecule has 0 radical (unpaired) electrons. The van der Waals surface area contributed by atoms with Crippen molar-refractivity contribution in [2.24, 2.45) is 5.73 Å². The third kappa shape index (κ3) is 3.81. The Hall–Kier alpha value is -0.550. The van der Waals surface area contributed by atoms with Gasteiger partial charge in [0.25, 0.3) is 0 Å². The predicted molar refractivity (Wildman–Crippen MR) is 89.6 cm³/mol. The molecule has 2 fully saturated rings. The van der Waals surface area contributed by atoms with E-state index in [9.17, 15) is 0 Å². The molecule has 3 nitrogen and oxygen atoms in total. The third-order valence-electron chi connectivity index (χ3n) is 4.70.